The van der Waals surface area contributed by atoms with Gasteiger partial charge in [-0.1, -0.05) is 17.7 Å². The Morgan fingerprint density at radius 3 is 2.57 bits per heavy atom. The first-order valence-corrected chi connectivity index (χ1v) is 9.60. The second-order valence-electron chi connectivity index (χ2n) is 6.54. The number of aryl methyl sites for hydroxylation is 1. The second kappa shape index (κ2) is 8.42. The monoisotopic (exact) mass is 421 g/mol. The Balaban J connectivity index is 1.58. The maximum absolute atomic E-state index is 6.12. The van der Waals surface area contributed by atoms with E-state index < -0.39 is 0 Å². The van der Waals surface area contributed by atoms with Crippen molar-refractivity contribution in [1.29, 1.82) is 0 Å². The van der Waals surface area contributed by atoms with Gasteiger partial charge in [-0.15, -0.1) is 0 Å². The van der Waals surface area contributed by atoms with Gasteiger partial charge in [0.25, 0.3) is 0 Å². The number of hydrogen-bond acceptors (Lipinski definition) is 6. The number of rotatable bonds is 6. The third kappa shape index (κ3) is 4.06. The van der Waals surface area contributed by atoms with Crippen LogP contribution in [0, 0.1) is 6.92 Å². The maximum atomic E-state index is 6.12. The molecule has 8 heteroatoms. The van der Waals surface area contributed by atoms with Crippen LogP contribution in [0.25, 0.3) is 17.1 Å². The lowest BCUT2D eigenvalue weighted by Gasteiger charge is -2.11. The van der Waals surface area contributed by atoms with Crippen molar-refractivity contribution in [2.45, 2.75) is 6.92 Å². The highest BCUT2D eigenvalue weighted by atomic mass is 35.5. The summed E-state index contributed by atoms with van der Waals surface area (Å²) in [6.45, 7) is 1.97. The molecule has 0 radical (unpaired) electrons. The third-order valence-corrected chi connectivity index (χ3v) is 4.98. The van der Waals surface area contributed by atoms with E-state index in [-0.39, 0.29) is 0 Å². The van der Waals surface area contributed by atoms with Crippen LogP contribution in [0.2, 0.25) is 5.02 Å². The number of hydrogen-bond donors (Lipinski definition) is 1. The highest BCUT2D eigenvalue weighted by molar-refractivity contribution is 6.31. The number of anilines is 2. The lowest BCUT2D eigenvalue weighted by atomic mass is 10.1. The van der Waals surface area contributed by atoms with Crippen LogP contribution in [-0.4, -0.2) is 34.0 Å². The Morgan fingerprint density at radius 1 is 0.967 bits per heavy atom. The zero-order valence-corrected chi connectivity index (χ0v) is 17.5. The number of aromatic nitrogens is 4. The van der Waals surface area contributed by atoms with Gasteiger partial charge in [0.05, 0.1) is 19.9 Å². The average Bonchev–Trinajstić information content (AvgIpc) is 3.26. The Morgan fingerprint density at radius 2 is 1.80 bits per heavy atom. The van der Waals surface area contributed by atoms with Crippen LogP contribution in [-0.2, 0) is 0 Å². The standard InChI is InChI=1S/C22H20ClN5O2/c1-14-12-15(4-6-17(14)23)18-9-11-28(27-18)21-8-10-24-22(26-21)25-16-5-7-19(29-2)20(13-16)30-3/h4-13H,1-3H3,(H,24,25,26). The van der Waals surface area contributed by atoms with Gasteiger partial charge >= 0.3 is 0 Å². The summed E-state index contributed by atoms with van der Waals surface area (Å²) in [5.41, 5.74) is 3.62. The van der Waals surface area contributed by atoms with Crippen LogP contribution >= 0.6 is 11.6 Å². The predicted molar refractivity (Wildman–Crippen MR) is 117 cm³/mol. The molecule has 0 bridgehead atoms. The molecule has 0 aliphatic carbocycles. The summed E-state index contributed by atoms with van der Waals surface area (Å²) < 4.78 is 12.3. The predicted octanol–water partition coefficient (Wildman–Crippen LogP) is 5.05. The SMILES string of the molecule is COc1ccc(Nc2nccc(-n3ccc(-c4ccc(Cl)c(C)c4)n3)n2)cc1OC. The minimum Gasteiger partial charge on any atom is -0.493 e. The summed E-state index contributed by atoms with van der Waals surface area (Å²) in [5.74, 6) is 2.36. The van der Waals surface area contributed by atoms with E-state index in [1.165, 1.54) is 0 Å². The van der Waals surface area contributed by atoms with E-state index in [0.29, 0.717) is 23.3 Å². The molecule has 0 fully saturated rings. The van der Waals surface area contributed by atoms with Gasteiger partial charge in [-0.3, -0.25) is 0 Å². The van der Waals surface area contributed by atoms with E-state index in [9.17, 15) is 0 Å². The molecule has 0 unspecified atom stereocenters. The van der Waals surface area contributed by atoms with Crippen molar-refractivity contribution in [1.82, 2.24) is 19.7 Å². The van der Waals surface area contributed by atoms with E-state index in [0.717, 1.165) is 27.5 Å². The smallest absolute Gasteiger partial charge is 0.229 e. The van der Waals surface area contributed by atoms with Crippen LogP contribution < -0.4 is 14.8 Å². The molecule has 0 atom stereocenters. The molecule has 30 heavy (non-hydrogen) atoms. The Labute approximate surface area is 179 Å². The molecule has 2 aromatic carbocycles. The van der Waals surface area contributed by atoms with Gasteiger partial charge in [-0.25, -0.2) is 9.67 Å². The summed E-state index contributed by atoms with van der Waals surface area (Å²) in [5, 5.41) is 8.55. The Hall–Kier alpha value is -3.58. The zero-order chi connectivity index (χ0) is 21.1. The van der Waals surface area contributed by atoms with Gasteiger partial charge in [0.2, 0.25) is 5.95 Å². The largest absolute Gasteiger partial charge is 0.493 e. The summed E-state index contributed by atoms with van der Waals surface area (Å²) >= 11 is 6.12. The minimum atomic E-state index is 0.444. The summed E-state index contributed by atoms with van der Waals surface area (Å²) in [6.07, 6.45) is 3.54. The van der Waals surface area contributed by atoms with E-state index in [1.54, 1.807) is 31.2 Å². The van der Waals surface area contributed by atoms with Crippen LogP contribution in [0.4, 0.5) is 11.6 Å². The summed E-state index contributed by atoms with van der Waals surface area (Å²) in [7, 11) is 3.19. The lowest BCUT2D eigenvalue weighted by Crippen LogP contribution is -2.03. The van der Waals surface area contributed by atoms with Gasteiger partial charge < -0.3 is 14.8 Å². The summed E-state index contributed by atoms with van der Waals surface area (Å²) in [4.78, 5) is 8.85. The molecule has 0 amide bonds. The fourth-order valence-electron chi connectivity index (χ4n) is 2.99. The fourth-order valence-corrected chi connectivity index (χ4v) is 3.11. The fraction of sp³-hybridized carbons (Fsp3) is 0.136. The van der Waals surface area contributed by atoms with Crippen molar-refractivity contribution < 1.29 is 9.47 Å². The van der Waals surface area contributed by atoms with E-state index >= 15 is 0 Å². The average molecular weight is 422 g/mol. The minimum absolute atomic E-state index is 0.444. The van der Waals surface area contributed by atoms with Gasteiger partial charge in [0.15, 0.2) is 17.3 Å². The molecule has 0 spiro atoms. The molecular formula is C22H20ClN5O2. The molecule has 0 aliphatic rings. The molecular weight excluding hydrogens is 402 g/mol. The van der Waals surface area contributed by atoms with Crippen LogP contribution in [0.3, 0.4) is 0 Å². The number of methoxy groups -OCH3 is 2. The van der Waals surface area contributed by atoms with Crippen molar-refractivity contribution >= 4 is 23.2 Å². The van der Waals surface area contributed by atoms with Crippen molar-refractivity contribution in [2.75, 3.05) is 19.5 Å². The number of benzene rings is 2. The van der Waals surface area contributed by atoms with E-state index in [4.69, 9.17) is 21.1 Å². The number of nitrogens with one attached hydrogen (secondary N) is 1. The molecule has 2 heterocycles. The highest BCUT2D eigenvalue weighted by Crippen LogP contribution is 2.30. The first-order chi connectivity index (χ1) is 14.6. The first kappa shape index (κ1) is 19.7. The molecule has 0 saturated carbocycles. The van der Waals surface area contributed by atoms with Crippen molar-refractivity contribution in [3.8, 4) is 28.6 Å². The lowest BCUT2D eigenvalue weighted by molar-refractivity contribution is 0.355. The normalized spacial score (nSPS) is 10.7. The second-order valence-corrected chi connectivity index (χ2v) is 6.95. The van der Waals surface area contributed by atoms with Gasteiger partial charge in [0, 0.05) is 40.8 Å². The molecule has 0 saturated heterocycles. The van der Waals surface area contributed by atoms with E-state index in [2.05, 4.69) is 20.4 Å². The van der Waals surface area contributed by atoms with Crippen LogP contribution in [0.15, 0.2) is 60.9 Å². The number of halogens is 1. The molecule has 152 valence electrons. The topological polar surface area (TPSA) is 74.1 Å². The van der Waals surface area contributed by atoms with Gasteiger partial charge in [-0.2, -0.15) is 10.1 Å². The molecule has 0 aliphatic heterocycles. The van der Waals surface area contributed by atoms with Crippen molar-refractivity contribution in [3.05, 3.63) is 71.5 Å². The van der Waals surface area contributed by atoms with Crippen molar-refractivity contribution in [3.63, 3.8) is 0 Å². The quantitative estimate of drug-likeness (QED) is 0.469. The Kier molecular flexibility index (Phi) is 5.54. The van der Waals surface area contributed by atoms with Crippen LogP contribution in [0.1, 0.15) is 5.56 Å². The molecule has 1 N–H and O–H groups in total. The van der Waals surface area contributed by atoms with Gasteiger partial charge in [-0.05, 0) is 42.8 Å². The van der Waals surface area contributed by atoms with E-state index in [1.807, 2.05) is 55.6 Å². The molecule has 2 aromatic heterocycles. The van der Waals surface area contributed by atoms with Crippen LogP contribution in [0.5, 0.6) is 11.5 Å². The Bertz CT molecular complexity index is 1190. The molecule has 4 aromatic rings. The van der Waals surface area contributed by atoms with Crippen molar-refractivity contribution in [2.24, 2.45) is 0 Å². The summed E-state index contributed by atoms with van der Waals surface area (Å²) in [6, 6.07) is 15.1. The third-order valence-electron chi connectivity index (χ3n) is 4.56. The maximum Gasteiger partial charge on any atom is 0.229 e. The molecule has 7 nitrogen and oxygen atoms in total. The number of ether oxygens (including phenoxy) is 2. The highest BCUT2D eigenvalue weighted by Gasteiger charge is 2.09. The van der Waals surface area contributed by atoms with Gasteiger partial charge in [0.1, 0.15) is 0 Å². The molecule has 4 rings (SSSR count). The number of nitrogens with zero attached hydrogens (tertiary/aromatic N) is 4. The first-order valence-electron chi connectivity index (χ1n) is 9.22. The zero-order valence-electron chi connectivity index (χ0n) is 16.8.